The predicted octanol–water partition coefficient (Wildman–Crippen LogP) is 3.32. The van der Waals surface area contributed by atoms with E-state index in [-0.39, 0.29) is 24.5 Å². The predicted molar refractivity (Wildman–Crippen MR) is 104 cm³/mol. The number of ether oxygens (including phenoxy) is 1. The minimum Gasteiger partial charge on any atom is -0.468 e. The number of aromatic nitrogens is 2. The van der Waals surface area contributed by atoms with Crippen LogP contribution in [0, 0.1) is 13.8 Å². The standard InChI is InChI=1S/C21H23N3O3/c1-13-9-10-16(14(2)11-13)21(26)22-15(3)20-23-17-7-5-6-8-18(17)24(20)12-19(25)27-4/h5-11,15H,12H2,1-4H3,(H,22,26). The van der Waals surface area contributed by atoms with Gasteiger partial charge in [-0.05, 0) is 44.5 Å². The monoisotopic (exact) mass is 365 g/mol. The number of methoxy groups -OCH3 is 1. The molecule has 0 saturated carbocycles. The molecule has 1 heterocycles. The molecule has 3 aromatic rings. The molecule has 1 unspecified atom stereocenters. The first-order chi connectivity index (χ1) is 12.9. The van der Waals surface area contributed by atoms with E-state index in [1.807, 2.05) is 63.2 Å². The number of amides is 1. The van der Waals surface area contributed by atoms with Crippen molar-refractivity contribution in [2.45, 2.75) is 33.4 Å². The summed E-state index contributed by atoms with van der Waals surface area (Å²) in [6.07, 6.45) is 0. The molecule has 1 N–H and O–H groups in total. The maximum Gasteiger partial charge on any atom is 0.325 e. The third-order valence-electron chi connectivity index (χ3n) is 4.56. The molecule has 6 heteroatoms. The fraction of sp³-hybridized carbons (Fsp3) is 0.286. The van der Waals surface area contributed by atoms with Gasteiger partial charge in [0.1, 0.15) is 12.4 Å². The fourth-order valence-corrected chi connectivity index (χ4v) is 3.19. The van der Waals surface area contributed by atoms with Crippen LogP contribution < -0.4 is 5.32 Å². The molecule has 1 atom stereocenters. The summed E-state index contributed by atoms with van der Waals surface area (Å²) in [6.45, 7) is 5.80. The van der Waals surface area contributed by atoms with Gasteiger partial charge in [-0.3, -0.25) is 9.59 Å². The average molecular weight is 365 g/mol. The average Bonchev–Trinajstić information content (AvgIpc) is 3.00. The highest BCUT2D eigenvalue weighted by Crippen LogP contribution is 2.22. The second kappa shape index (κ2) is 7.61. The van der Waals surface area contributed by atoms with E-state index in [1.54, 1.807) is 4.57 Å². The Balaban J connectivity index is 1.92. The number of hydrogen-bond acceptors (Lipinski definition) is 4. The molecule has 1 amide bonds. The molecule has 0 fully saturated rings. The molecule has 0 bridgehead atoms. The highest BCUT2D eigenvalue weighted by Gasteiger charge is 2.21. The van der Waals surface area contributed by atoms with Gasteiger partial charge in [0, 0.05) is 5.56 Å². The Kier molecular flexibility index (Phi) is 5.26. The van der Waals surface area contributed by atoms with Gasteiger partial charge in [-0.25, -0.2) is 4.98 Å². The number of nitrogens with zero attached hydrogens (tertiary/aromatic N) is 2. The summed E-state index contributed by atoms with van der Waals surface area (Å²) < 4.78 is 6.60. The molecular formula is C21H23N3O3. The number of benzene rings is 2. The van der Waals surface area contributed by atoms with Crippen molar-refractivity contribution >= 4 is 22.9 Å². The number of fused-ring (bicyclic) bond motifs is 1. The molecule has 0 radical (unpaired) electrons. The fourth-order valence-electron chi connectivity index (χ4n) is 3.19. The van der Waals surface area contributed by atoms with Crippen molar-refractivity contribution in [3.8, 4) is 0 Å². The summed E-state index contributed by atoms with van der Waals surface area (Å²) in [5.74, 6) is 0.0729. The first-order valence-electron chi connectivity index (χ1n) is 8.80. The first-order valence-corrected chi connectivity index (χ1v) is 8.80. The molecule has 2 aromatic carbocycles. The minimum absolute atomic E-state index is 0.0378. The van der Waals surface area contributed by atoms with E-state index in [4.69, 9.17) is 4.74 Å². The third kappa shape index (κ3) is 3.84. The number of carbonyl (C=O) groups is 2. The maximum absolute atomic E-state index is 12.7. The van der Waals surface area contributed by atoms with E-state index < -0.39 is 0 Å². The van der Waals surface area contributed by atoms with Crippen LogP contribution in [0.3, 0.4) is 0 Å². The Bertz CT molecular complexity index is 1010. The van der Waals surface area contributed by atoms with Gasteiger partial charge in [-0.2, -0.15) is 0 Å². The van der Waals surface area contributed by atoms with Crippen LogP contribution in [0.1, 0.15) is 40.3 Å². The lowest BCUT2D eigenvalue weighted by molar-refractivity contribution is -0.141. The second-order valence-electron chi connectivity index (χ2n) is 6.63. The molecule has 0 aliphatic heterocycles. The van der Waals surface area contributed by atoms with E-state index >= 15 is 0 Å². The number of imidazole rings is 1. The summed E-state index contributed by atoms with van der Waals surface area (Å²) >= 11 is 0. The van der Waals surface area contributed by atoms with Crippen LogP contribution in [0.15, 0.2) is 42.5 Å². The Labute approximate surface area is 158 Å². The Morgan fingerprint density at radius 3 is 2.63 bits per heavy atom. The van der Waals surface area contributed by atoms with Crippen LogP contribution in [0.2, 0.25) is 0 Å². The molecule has 0 spiro atoms. The van der Waals surface area contributed by atoms with Gasteiger partial charge in [-0.1, -0.05) is 29.8 Å². The van der Waals surface area contributed by atoms with Crippen LogP contribution in [-0.2, 0) is 16.1 Å². The van der Waals surface area contributed by atoms with Crippen molar-refractivity contribution in [3.05, 3.63) is 65.0 Å². The third-order valence-corrected chi connectivity index (χ3v) is 4.56. The van der Waals surface area contributed by atoms with Crippen molar-refractivity contribution in [2.24, 2.45) is 0 Å². The molecular weight excluding hydrogens is 342 g/mol. The number of nitrogens with one attached hydrogen (secondary N) is 1. The van der Waals surface area contributed by atoms with Gasteiger partial charge in [0.05, 0.1) is 24.2 Å². The van der Waals surface area contributed by atoms with Gasteiger partial charge >= 0.3 is 5.97 Å². The maximum atomic E-state index is 12.7. The highest BCUT2D eigenvalue weighted by molar-refractivity contribution is 5.96. The molecule has 3 rings (SSSR count). The largest absolute Gasteiger partial charge is 0.468 e. The zero-order valence-electron chi connectivity index (χ0n) is 15.9. The van der Waals surface area contributed by atoms with Crippen LogP contribution >= 0.6 is 0 Å². The molecule has 140 valence electrons. The molecule has 27 heavy (non-hydrogen) atoms. The van der Waals surface area contributed by atoms with Gasteiger partial charge in [0.15, 0.2) is 0 Å². The first kappa shape index (κ1) is 18.6. The quantitative estimate of drug-likeness (QED) is 0.704. The zero-order chi connectivity index (χ0) is 19.6. The second-order valence-corrected chi connectivity index (χ2v) is 6.63. The minimum atomic E-state index is -0.379. The van der Waals surface area contributed by atoms with Crippen LogP contribution in [0.4, 0.5) is 0 Å². The topological polar surface area (TPSA) is 73.2 Å². The van der Waals surface area contributed by atoms with Crippen LogP contribution in [-0.4, -0.2) is 28.5 Å². The van der Waals surface area contributed by atoms with E-state index in [2.05, 4.69) is 10.3 Å². The number of rotatable bonds is 5. The van der Waals surface area contributed by atoms with Crippen LogP contribution in [0.5, 0.6) is 0 Å². The van der Waals surface area contributed by atoms with Crippen molar-refractivity contribution in [1.82, 2.24) is 14.9 Å². The Hall–Kier alpha value is -3.15. The van der Waals surface area contributed by atoms with Gasteiger partial charge < -0.3 is 14.6 Å². The molecule has 0 aliphatic carbocycles. The lowest BCUT2D eigenvalue weighted by Crippen LogP contribution is -2.30. The lowest BCUT2D eigenvalue weighted by atomic mass is 10.0. The number of esters is 1. The molecule has 0 saturated heterocycles. The summed E-state index contributed by atoms with van der Waals surface area (Å²) in [5.41, 5.74) is 4.25. The summed E-state index contributed by atoms with van der Waals surface area (Å²) in [4.78, 5) is 29.2. The van der Waals surface area contributed by atoms with Crippen molar-refractivity contribution in [3.63, 3.8) is 0 Å². The Morgan fingerprint density at radius 2 is 1.93 bits per heavy atom. The lowest BCUT2D eigenvalue weighted by Gasteiger charge is -2.16. The SMILES string of the molecule is COC(=O)Cn1c(C(C)NC(=O)c2ccc(C)cc2C)nc2ccccc21. The van der Waals surface area contributed by atoms with Crippen LogP contribution in [0.25, 0.3) is 11.0 Å². The van der Waals surface area contributed by atoms with E-state index in [0.717, 1.165) is 22.2 Å². The number of para-hydroxylation sites is 2. The molecule has 6 nitrogen and oxygen atoms in total. The zero-order valence-corrected chi connectivity index (χ0v) is 15.9. The summed E-state index contributed by atoms with van der Waals surface area (Å²) in [5, 5.41) is 2.99. The van der Waals surface area contributed by atoms with Crippen molar-refractivity contribution < 1.29 is 14.3 Å². The Morgan fingerprint density at radius 1 is 1.19 bits per heavy atom. The summed E-state index contributed by atoms with van der Waals surface area (Å²) in [6, 6.07) is 12.9. The highest BCUT2D eigenvalue weighted by atomic mass is 16.5. The molecule has 0 aliphatic rings. The molecule has 1 aromatic heterocycles. The van der Waals surface area contributed by atoms with Gasteiger partial charge in [0.25, 0.3) is 5.91 Å². The van der Waals surface area contributed by atoms with Crippen molar-refractivity contribution in [2.75, 3.05) is 7.11 Å². The van der Waals surface area contributed by atoms with E-state index in [9.17, 15) is 9.59 Å². The van der Waals surface area contributed by atoms with Crippen molar-refractivity contribution in [1.29, 1.82) is 0 Å². The van der Waals surface area contributed by atoms with Gasteiger partial charge in [-0.15, -0.1) is 0 Å². The van der Waals surface area contributed by atoms with Gasteiger partial charge in [0.2, 0.25) is 0 Å². The van der Waals surface area contributed by atoms with E-state index in [0.29, 0.717) is 11.4 Å². The normalized spacial score (nSPS) is 12.0. The number of carbonyl (C=O) groups excluding carboxylic acids is 2. The smallest absolute Gasteiger partial charge is 0.325 e. The number of hydrogen-bond donors (Lipinski definition) is 1. The number of aryl methyl sites for hydroxylation is 2. The summed E-state index contributed by atoms with van der Waals surface area (Å²) in [7, 11) is 1.35. The van der Waals surface area contributed by atoms with E-state index in [1.165, 1.54) is 7.11 Å².